The number of ether oxygens (including phenoxy) is 1. The van der Waals surface area contributed by atoms with Crippen LogP contribution in [0.25, 0.3) is 0 Å². The molecular formula is C4H10OSi. The first-order valence-electron chi connectivity index (χ1n) is 2.28. The third-order valence-electron chi connectivity index (χ3n) is 0.986. The molecule has 6 heavy (non-hydrogen) atoms. The van der Waals surface area contributed by atoms with Gasteiger partial charge in [-0.1, -0.05) is 6.92 Å². The van der Waals surface area contributed by atoms with E-state index in [0.29, 0.717) is 5.04 Å². The van der Waals surface area contributed by atoms with Crippen molar-refractivity contribution in [2.75, 3.05) is 13.2 Å². The predicted molar refractivity (Wildman–Crippen MR) is 29.1 cm³/mol. The highest BCUT2D eigenvalue weighted by atomic mass is 28.1. The summed E-state index contributed by atoms with van der Waals surface area (Å²) in [5.41, 5.74) is 0. The Morgan fingerprint density at radius 2 is 2.00 bits per heavy atom. The van der Waals surface area contributed by atoms with Crippen molar-refractivity contribution in [3.8, 4) is 0 Å². The highest BCUT2D eigenvalue weighted by Gasteiger charge is 2.26. The van der Waals surface area contributed by atoms with Crippen LogP contribution < -0.4 is 0 Å². The van der Waals surface area contributed by atoms with Crippen molar-refractivity contribution in [2.24, 2.45) is 0 Å². The molecule has 0 aromatic rings. The molecule has 1 rings (SSSR count). The second kappa shape index (κ2) is 1.07. The zero-order valence-electron chi connectivity index (χ0n) is 4.32. The van der Waals surface area contributed by atoms with Gasteiger partial charge in [0.2, 0.25) is 0 Å². The maximum Gasteiger partial charge on any atom is 0.0508 e. The molecule has 1 saturated heterocycles. The van der Waals surface area contributed by atoms with Crippen LogP contribution in [-0.2, 0) is 4.74 Å². The van der Waals surface area contributed by atoms with Gasteiger partial charge >= 0.3 is 0 Å². The standard InChI is InChI=1S/C4H10OSi/c1-4(6)2-5-3-4/h2-3H2,1,6H3. The largest absolute Gasteiger partial charge is 0.381 e. The quantitative estimate of drug-likeness (QED) is 0.377. The van der Waals surface area contributed by atoms with E-state index in [4.69, 9.17) is 4.74 Å². The van der Waals surface area contributed by atoms with Gasteiger partial charge < -0.3 is 4.74 Å². The molecule has 0 saturated carbocycles. The summed E-state index contributed by atoms with van der Waals surface area (Å²) in [6.07, 6.45) is 0. The second-order valence-electron chi connectivity index (χ2n) is 2.66. The number of hydrogen-bond acceptors (Lipinski definition) is 1. The molecule has 1 nitrogen and oxygen atoms in total. The fourth-order valence-electron chi connectivity index (χ4n) is 0.510. The number of rotatable bonds is 0. The Labute approximate surface area is 41.1 Å². The van der Waals surface area contributed by atoms with Gasteiger partial charge in [0.25, 0.3) is 0 Å². The molecule has 0 N–H and O–H groups in total. The van der Waals surface area contributed by atoms with Gasteiger partial charge in [0.15, 0.2) is 0 Å². The summed E-state index contributed by atoms with van der Waals surface area (Å²) in [5.74, 6) is 0. The molecule has 0 aromatic heterocycles. The summed E-state index contributed by atoms with van der Waals surface area (Å²) >= 11 is 0. The van der Waals surface area contributed by atoms with Crippen molar-refractivity contribution in [3.63, 3.8) is 0 Å². The fourth-order valence-corrected chi connectivity index (χ4v) is 0.919. The first-order valence-corrected chi connectivity index (χ1v) is 3.28. The molecule has 0 amide bonds. The van der Waals surface area contributed by atoms with Gasteiger partial charge in [-0.05, 0) is 5.04 Å². The lowest BCUT2D eigenvalue weighted by molar-refractivity contribution is -0.00965. The maximum absolute atomic E-state index is 4.97. The molecule has 0 bridgehead atoms. The summed E-state index contributed by atoms with van der Waals surface area (Å²) in [4.78, 5) is 0. The van der Waals surface area contributed by atoms with Crippen molar-refractivity contribution in [2.45, 2.75) is 12.0 Å². The van der Waals surface area contributed by atoms with Gasteiger partial charge in [0.05, 0.1) is 13.2 Å². The van der Waals surface area contributed by atoms with E-state index >= 15 is 0 Å². The van der Waals surface area contributed by atoms with Crippen molar-refractivity contribution < 1.29 is 4.74 Å². The van der Waals surface area contributed by atoms with Gasteiger partial charge in [-0.15, -0.1) is 0 Å². The smallest absolute Gasteiger partial charge is 0.0508 e. The number of hydrogen-bond donors (Lipinski definition) is 0. The molecule has 0 radical (unpaired) electrons. The van der Waals surface area contributed by atoms with E-state index in [-0.39, 0.29) is 0 Å². The van der Waals surface area contributed by atoms with Crippen molar-refractivity contribution in [1.82, 2.24) is 0 Å². The summed E-state index contributed by atoms with van der Waals surface area (Å²) in [6.45, 7) is 4.29. The van der Waals surface area contributed by atoms with E-state index in [0.717, 1.165) is 13.2 Å². The topological polar surface area (TPSA) is 9.23 Å². The van der Waals surface area contributed by atoms with Crippen LogP contribution in [0.3, 0.4) is 0 Å². The normalized spacial score (nSPS) is 29.5. The fraction of sp³-hybridized carbons (Fsp3) is 1.00. The van der Waals surface area contributed by atoms with Crippen molar-refractivity contribution >= 4 is 10.2 Å². The average molecular weight is 102 g/mol. The summed E-state index contributed by atoms with van der Waals surface area (Å²) < 4.78 is 4.97. The van der Waals surface area contributed by atoms with Gasteiger partial charge in [-0.25, -0.2) is 0 Å². The Bertz CT molecular complexity index is 54.6. The Kier molecular flexibility index (Phi) is 0.776. The van der Waals surface area contributed by atoms with Crippen LogP contribution in [0.4, 0.5) is 0 Å². The lowest BCUT2D eigenvalue weighted by atomic mass is 10.1. The Balaban J connectivity index is 2.31. The average Bonchev–Trinajstić information content (AvgIpc) is 1.32. The van der Waals surface area contributed by atoms with E-state index in [9.17, 15) is 0 Å². The molecule has 36 valence electrons. The molecule has 1 aliphatic rings. The molecule has 0 aliphatic carbocycles. The monoisotopic (exact) mass is 102 g/mol. The van der Waals surface area contributed by atoms with Crippen LogP contribution in [0.2, 0.25) is 5.04 Å². The van der Waals surface area contributed by atoms with E-state index in [2.05, 4.69) is 6.92 Å². The lowest BCUT2D eigenvalue weighted by Gasteiger charge is -2.33. The predicted octanol–water partition coefficient (Wildman–Crippen LogP) is -0.439. The summed E-state index contributed by atoms with van der Waals surface area (Å²) in [7, 11) is 1.29. The van der Waals surface area contributed by atoms with E-state index in [1.165, 1.54) is 10.2 Å². The van der Waals surface area contributed by atoms with Crippen LogP contribution in [-0.4, -0.2) is 23.5 Å². The van der Waals surface area contributed by atoms with E-state index < -0.39 is 0 Å². The molecule has 1 heterocycles. The SMILES string of the molecule is CC1([SiH3])COC1. The maximum atomic E-state index is 4.97. The first kappa shape index (κ1) is 4.34. The highest BCUT2D eigenvalue weighted by molar-refractivity contribution is 6.15. The van der Waals surface area contributed by atoms with Crippen LogP contribution >= 0.6 is 0 Å². The molecule has 1 aliphatic heterocycles. The summed E-state index contributed by atoms with van der Waals surface area (Å²) in [5, 5.41) is 0.639. The van der Waals surface area contributed by atoms with Crippen LogP contribution in [0.5, 0.6) is 0 Å². The van der Waals surface area contributed by atoms with Gasteiger partial charge in [-0.3, -0.25) is 0 Å². The third kappa shape index (κ3) is 0.630. The summed E-state index contributed by atoms with van der Waals surface area (Å²) in [6, 6.07) is 0. The van der Waals surface area contributed by atoms with E-state index in [1.54, 1.807) is 0 Å². The molecule has 0 atom stereocenters. The van der Waals surface area contributed by atoms with Crippen LogP contribution in [0.1, 0.15) is 6.92 Å². The molecule has 1 fully saturated rings. The Hall–Kier alpha value is 0.177. The van der Waals surface area contributed by atoms with Gasteiger partial charge in [0, 0.05) is 10.2 Å². The Morgan fingerprint density at radius 1 is 1.67 bits per heavy atom. The molecule has 0 unspecified atom stereocenters. The molecular weight excluding hydrogens is 92.1 g/mol. The minimum Gasteiger partial charge on any atom is -0.381 e. The zero-order chi connectivity index (χ0) is 4.62. The molecule has 0 aromatic carbocycles. The van der Waals surface area contributed by atoms with Crippen molar-refractivity contribution in [3.05, 3.63) is 0 Å². The van der Waals surface area contributed by atoms with Gasteiger partial charge in [0.1, 0.15) is 0 Å². The van der Waals surface area contributed by atoms with Crippen molar-refractivity contribution in [1.29, 1.82) is 0 Å². The highest BCUT2D eigenvalue weighted by Crippen LogP contribution is 2.28. The van der Waals surface area contributed by atoms with E-state index in [1.807, 2.05) is 0 Å². The van der Waals surface area contributed by atoms with Crippen LogP contribution in [0, 0.1) is 0 Å². The third-order valence-corrected chi connectivity index (χ3v) is 1.56. The van der Waals surface area contributed by atoms with Gasteiger partial charge in [-0.2, -0.15) is 0 Å². The van der Waals surface area contributed by atoms with Crippen LogP contribution in [0.15, 0.2) is 0 Å². The molecule has 2 heteroatoms. The second-order valence-corrected chi connectivity index (χ2v) is 5.07. The Morgan fingerprint density at radius 3 is 2.00 bits per heavy atom. The minimum atomic E-state index is 0.639. The first-order chi connectivity index (χ1) is 2.71. The zero-order valence-corrected chi connectivity index (χ0v) is 6.32. The minimum absolute atomic E-state index is 0.639. The molecule has 0 spiro atoms. The lowest BCUT2D eigenvalue weighted by Crippen LogP contribution is -2.32.